The molecule has 1 fully saturated rings. The van der Waals surface area contributed by atoms with E-state index in [-0.39, 0.29) is 24.2 Å². The first-order valence-electron chi connectivity index (χ1n) is 7.33. The summed E-state index contributed by atoms with van der Waals surface area (Å²) in [4.78, 5) is 22.4. The molecule has 0 bridgehead atoms. The Morgan fingerprint density at radius 3 is 2.60 bits per heavy atom. The van der Waals surface area contributed by atoms with Crippen molar-refractivity contribution in [3.63, 3.8) is 0 Å². The summed E-state index contributed by atoms with van der Waals surface area (Å²) < 4.78 is 5.86. The molecule has 1 aliphatic rings. The highest BCUT2D eigenvalue weighted by Crippen LogP contribution is 2.31. The Kier molecular flexibility index (Phi) is 6.26. The molecule has 1 heterocycles. The van der Waals surface area contributed by atoms with E-state index in [0.29, 0.717) is 6.61 Å². The third-order valence-corrected chi connectivity index (χ3v) is 4.11. The van der Waals surface area contributed by atoms with Crippen molar-refractivity contribution >= 4 is 12.0 Å². The van der Waals surface area contributed by atoms with E-state index in [0.717, 1.165) is 25.7 Å². The Balaban J connectivity index is 2.40. The number of hydrogen-bond acceptors (Lipinski definition) is 3. The zero-order valence-corrected chi connectivity index (χ0v) is 12.6. The number of aliphatic carboxylic acids is 1. The minimum Gasteiger partial charge on any atom is -0.481 e. The van der Waals surface area contributed by atoms with Crippen molar-refractivity contribution in [3.8, 4) is 0 Å². The summed E-state index contributed by atoms with van der Waals surface area (Å²) in [6.07, 6.45) is 3.46. The Hall–Kier alpha value is -1.30. The van der Waals surface area contributed by atoms with Gasteiger partial charge in [-0.15, -0.1) is 0 Å². The minimum atomic E-state index is -0.910. The van der Waals surface area contributed by atoms with Crippen LogP contribution in [0.4, 0.5) is 4.79 Å². The molecule has 1 rings (SSSR count). The van der Waals surface area contributed by atoms with Crippen LogP contribution in [0.15, 0.2) is 0 Å². The van der Waals surface area contributed by atoms with Gasteiger partial charge in [-0.2, -0.15) is 0 Å². The molecule has 0 aromatic rings. The van der Waals surface area contributed by atoms with Gasteiger partial charge in [0.05, 0.1) is 11.5 Å². The number of hydrogen-bond donors (Lipinski definition) is 3. The fraction of sp³-hybridized carbons (Fsp3) is 0.857. The van der Waals surface area contributed by atoms with Crippen LogP contribution in [0.25, 0.3) is 0 Å². The van der Waals surface area contributed by atoms with Crippen molar-refractivity contribution in [1.29, 1.82) is 0 Å². The molecule has 116 valence electrons. The van der Waals surface area contributed by atoms with Crippen LogP contribution in [-0.2, 0) is 9.53 Å². The van der Waals surface area contributed by atoms with Crippen molar-refractivity contribution in [2.24, 2.45) is 5.92 Å². The molecular weight excluding hydrogens is 260 g/mol. The second kappa shape index (κ2) is 7.47. The average Bonchev–Trinajstić information content (AvgIpc) is 2.44. The normalized spacial score (nSPS) is 22.9. The van der Waals surface area contributed by atoms with Crippen molar-refractivity contribution in [2.45, 2.75) is 58.1 Å². The lowest BCUT2D eigenvalue weighted by Crippen LogP contribution is -2.51. The second-order valence-corrected chi connectivity index (χ2v) is 5.52. The van der Waals surface area contributed by atoms with Crippen LogP contribution in [0.3, 0.4) is 0 Å². The lowest BCUT2D eigenvalue weighted by molar-refractivity contribution is -0.140. The Morgan fingerprint density at radius 1 is 1.40 bits per heavy atom. The molecule has 6 nitrogen and oxygen atoms in total. The molecule has 0 saturated carbocycles. The molecule has 0 aromatic carbocycles. The lowest BCUT2D eigenvalue weighted by Gasteiger charge is -2.40. The van der Waals surface area contributed by atoms with E-state index in [2.05, 4.69) is 24.5 Å². The molecular formula is C14H26N2O4. The average molecular weight is 286 g/mol. The summed E-state index contributed by atoms with van der Waals surface area (Å²) in [7, 11) is 0. The van der Waals surface area contributed by atoms with Gasteiger partial charge in [0.25, 0.3) is 0 Å². The Labute approximate surface area is 120 Å². The zero-order valence-electron chi connectivity index (χ0n) is 12.6. The minimum absolute atomic E-state index is 0.0868. The molecule has 1 saturated heterocycles. The first kappa shape index (κ1) is 16.8. The molecule has 0 spiro atoms. The van der Waals surface area contributed by atoms with E-state index in [4.69, 9.17) is 9.84 Å². The fourth-order valence-electron chi connectivity index (χ4n) is 2.46. The highest BCUT2D eigenvalue weighted by Gasteiger charge is 2.35. The van der Waals surface area contributed by atoms with Gasteiger partial charge in [-0.1, -0.05) is 20.8 Å². The molecule has 2 unspecified atom stereocenters. The van der Waals surface area contributed by atoms with Crippen LogP contribution < -0.4 is 10.6 Å². The maximum atomic E-state index is 11.8. The summed E-state index contributed by atoms with van der Waals surface area (Å²) in [6, 6.07) is -0.213. The van der Waals surface area contributed by atoms with Crippen molar-refractivity contribution < 1.29 is 19.4 Å². The Bertz CT molecular complexity index is 342. The number of carbonyl (C=O) groups is 2. The highest BCUT2D eigenvalue weighted by molar-refractivity contribution is 5.75. The molecule has 20 heavy (non-hydrogen) atoms. The Morgan fingerprint density at radius 2 is 2.05 bits per heavy atom. The predicted octanol–water partition coefficient (Wildman–Crippen LogP) is 1.74. The number of amides is 2. The third-order valence-electron chi connectivity index (χ3n) is 4.11. The van der Waals surface area contributed by atoms with E-state index in [1.54, 1.807) is 6.92 Å². The molecule has 0 aromatic heterocycles. The summed E-state index contributed by atoms with van der Waals surface area (Å²) in [5, 5.41) is 14.3. The van der Waals surface area contributed by atoms with Crippen molar-refractivity contribution in [3.05, 3.63) is 0 Å². The van der Waals surface area contributed by atoms with E-state index < -0.39 is 11.9 Å². The SMILES string of the molecule is CCC1(CC)CC(NC(=O)NCC(C)C(=O)O)CCO1. The number of nitrogens with one attached hydrogen (secondary N) is 2. The van der Waals surface area contributed by atoms with E-state index in [1.165, 1.54) is 0 Å². The highest BCUT2D eigenvalue weighted by atomic mass is 16.5. The molecule has 1 aliphatic heterocycles. The van der Waals surface area contributed by atoms with Gasteiger partial charge < -0.3 is 20.5 Å². The van der Waals surface area contributed by atoms with E-state index >= 15 is 0 Å². The molecule has 2 atom stereocenters. The summed E-state index contributed by atoms with van der Waals surface area (Å²) in [6.45, 7) is 6.55. The molecule has 2 amide bonds. The molecule has 0 aliphatic carbocycles. The van der Waals surface area contributed by atoms with Gasteiger partial charge in [-0.25, -0.2) is 4.79 Å². The number of carbonyl (C=O) groups excluding carboxylic acids is 1. The molecule has 0 radical (unpaired) electrons. The zero-order chi connectivity index (χ0) is 15.2. The summed E-state index contributed by atoms with van der Waals surface area (Å²) in [5.41, 5.74) is -0.134. The largest absolute Gasteiger partial charge is 0.481 e. The van der Waals surface area contributed by atoms with Gasteiger partial charge in [-0.05, 0) is 25.7 Å². The maximum absolute atomic E-state index is 11.8. The van der Waals surface area contributed by atoms with E-state index in [1.807, 2.05) is 0 Å². The third kappa shape index (κ3) is 4.67. The quantitative estimate of drug-likeness (QED) is 0.694. The molecule has 6 heteroatoms. The topological polar surface area (TPSA) is 87.7 Å². The fourth-order valence-corrected chi connectivity index (χ4v) is 2.46. The maximum Gasteiger partial charge on any atom is 0.315 e. The molecule has 3 N–H and O–H groups in total. The van der Waals surface area contributed by atoms with Gasteiger partial charge in [-0.3, -0.25) is 4.79 Å². The van der Waals surface area contributed by atoms with Gasteiger partial charge >= 0.3 is 12.0 Å². The smallest absolute Gasteiger partial charge is 0.315 e. The first-order chi connectivity index (χ1) is 9.42. The van der Waals surface area contributed by atoms with Crippen LogP contribution in [0.1, 0.15) is 46.5 Å². The number of urea groups is 1. The van der Waals surface area contributed by atoms with Crippen molar-refractivity contribution in [1.82, 2.24) is 10.6 Å². The number of rotatable bonds is 6. The second-order valence-electron chi connectivity index (χ2n) is 5.52. The standard InChI is InChI=1S/C14H26N2O4/c1-4-14(5-2)8-11(6-7-20-14)16-13(19)15-9-10(3)12(17)18/h10-11H,4-9H2,1-3H3,(H,17,18)(H2,15,16,19). The van der Waals surface area contributed by atoms with Gasteiger partial charge in [0.2, 0.25) is 0 Å². The number of ether oxygens (including phenoxy) is 1. The number of carboxylic acids is 1. The van der Waals surface area contributed by atoms with Crippen LogP contribution in [0.5, 0.6) is 0 Å². The summed E-state index contributed by atoms with van der Waals surface area (Å²) >= 11 is 0. The van der Waals surface area contributed by atoms with Crippen LogP contribution in [-0.4, -0.2) is 41.9 Å². The van der Waals surface area contributed by atoms with Crippen LogP contribution in [0.2, 0.25) is 0 Å². The van der Waals surface area contributed by atoms with Crippen molar-refractivity contribution in [2.75, 3.05) is 13.2 Å². The van der Waals surface area contributed by atoms with E-state index in [9.17, 15) is 9.59 Å². The number of carboxylic acid groups (broad SMARTS) is 1. The lowest BCUT2D eigenvalue weighted by atomic mass is 9.86. The predicted molar refractivity (Wildman–Crippen MR) is 75.6 cm³/mol. The monoisotopic (exact) mass is 286 g/mol. The van der Waals surface area contributed by atoms with Gasteiger partial charge in [0.15, 0.2) is 0 Å². The van der Waals surface area contributed by atoms with Gasteiger partial charge in [0.1, 0.15) is 0 Å². The van der Waals surface area contributed by atoms with Gasteiger partial charge in [0, 0.05) is 19.2 Å². The van der Waals surface area contributed by atoms with Crippen LogP contribution in [0, 0.1) is 5.92 Å². The summed E-state index contributed by atoms with van der Waals surface area (Å²) in [5.74, 6) is -1.49. The van der Waals surface area contributed by atoms with Crippen LogP contribution >= 0.6 is 0 Å². The first-order valence-corrected chi connectivity index (χ1v) is 7.33.